The second-order valence-corrected chi connectivity index (χ2v) is 6.51. The third kappa shape index (κ3) is 3.42. The van der Waals surface area contributed by atoms with E-state index in [9.17, 15) is 9.59 Å². The van der Waals surface area contributed by atoms with Gasteiger partial charge in [0.2, 0.25) is 11.8 Å². The van der Waals surface area contributed by atoms with Crippen LogP contribution in [0.15, 0.2) is 66.9 Å². The Kier molecular flexibility index (Phi) is 4.35. The summed E-state index contributed by atoms with van der Waals surface area (Å²) in [4.78, 5) is 28.8. The molecular formula is C21H19N3O2. The average molecular weight is 345 g/mol. The number of amides is 2. The fourth-order valence-electron chi connectivity index (χ4n) is 3.25. The van der Waals surface area contributed by atoms with Crippen molar-refractivity contribution in [2.45, 2.75) is 12.3 Å². The van der Waals surface area contributed by atoms with Gasteiger partial charge in [0.15, 0.2) is 0 Å². The number of nitrogens with one attached hydrogen (secondary N) is 2. The number of benzene rings is 2. The predicted molar refractivity (Wildman–Crippen MR) is 101 cm³/mol. The quantitative estimate of drug-likeness (QED) is 0.746. The normalized spacial score (nSPS) is 18.3. The van der Waals surface area contributed by atoms with Crippen molar-refractivity contribution in [2.75, 3.05) is 11.9 Å². The molecule has 2 atom stereocenters. The molecule has 4 rings (SSSR count). The van der Waals surface area contributed by atoms with Gasteiger partial charge in [0.05, 0.1) is 17.7 Å². The average Bonchev–Trinajstić information content (AvgIpc) is 3.48. The number of hydrogen-bond acceptors (Lipinski definition) is 3. The monoisotopic (exact) mass is 345 g/mol. The van der Waals surface area contributed by atoms with Gasteiger partial charge in [-0.2, -0.15) is 0 Å². The Morgan fingerprint density at radius 3 is 2.65 bits per heavy atom. The van der Waals surface area contributed by atoms with Gasteiger partial charge in [-0.25, -0.2) is 0 Å². The number of rotatable bonds is 5. The van der Waals surface area contributed by atoms with Crippen molar-refractivity contribution in [3.63, 3.8) is 0 Å². The summed E-state index contributed by atoms with van der Waals surface area (Å²) in [6.07, 6.45) is 2.53. The molecule has 0 spiro atoms. The van der Waals surface area contributed by atoms with E-state index in [1.165, 1.54) is 5.56 Å². The molecule has 0 saturated heterocycles. The number of anilines is 1. The highest BCUT2D eigenvalue weighted by Gasteiger charge is 2.43. The number of carbonyl (C=O) groups is 2. The van der Waals surface area contributed by atoms with E-state index in [-0.39, 0.29) is 30.2 Å². The van der Waals surface area contributed by atoms with Crippen molar-refractivity contribution in [1.29, 1.82) is 0 Å². The summed E-state index contributed by atoms with van der Waals surface area (Å²) in [5.74, 6) is -0.0931. The minimum atomic E-state index is -0.256. The first-order valence-corrected chi connectivity index (χ1v) is 8.68. The molecule has 0 bridgehead atoms. The second-order valence-electron chi connectivity index (χ2n) is 6.51. The summed E-state index contributed by atoms with van der Waals surface area (Å²) in [5.41, 5.74) is 2.57. The molecule has 0 aliphatic heterocycles. The number of pyridine rings is 1. The topological polar surface area (TPSA) is 71.1 Å². The molecule has 3 aromatic rings. The van der Waals surface area contributed by atoms with Crippen LogP contribution in [-0.4, -0.2) is 23.3 Å². The zero-order valence-corrected chi connectivity index (χ0v) is 14.2. The standard InChI is InChI=1S/C21H19N3O2/c25-19(24-18-10-4-8-15-9-5-11-22-20(15)18)13-23-21(26)17-12-16(17)14-6-2-1-3-7-14/h1-11,16-17H,12-13H2,(H,23,26)(H,24,25)/t16-,17-/m1/s1. The zero-order chi connectivity index (χ0) is 17.9. The summed E-state index contributed by atoms with van der Waals surface area (Å²) in [7, 11) is 0. The molecule has 2 aromatic carbocycles. The van der Waals surface area contributed by atoms with E-state index in [2.05, 4.69) is 15.6 Å². The van der Waals surface area contributed by atoms with Crippen LogP contribution in [0.2, 0.25) is 0 Å². The molecule has 0 unspecified atom stereocenters. The molecule has 2 N–H and O–H groups in total. The number of carbonyl (C=O) groups excluding carboxylic acids is 2. The van der Waals surface area contributed by atoms with Gasteiger partial charge >= 0.3 is 0 Å². The molecule has 5 heteroatoms. The van der Waals surface area contributed by atoms with Gasteiger partial charge in [-0.15, -0.1) is 0 Å². The molecule has 130 valence electrons. The number of nitrogens with zero attached hydrogens (tertiary/aromatic N) is 1. The Balaban J connectivity index is 1.32. The Hall–Kier alpha value is -3.21. The smallest absolute Gasteiger partial charge is 0.243 e. The fourth-order valence-corrected chi connectivity index (χ4v) is 3.25. The lowest BCUT2D eigenvalue weighted by Crippen LogP contribution is -2.34. The third-order valence-corrected chi connectivity index (χ3v) is 4.68. The van der Waals surface area contributed by atoms with Crippen LogP contribution in [0.5, 0.6) is 0 Å². The Labute approximate surface area is 151 Å². The number of aromatic nitrogens is 1. The molecule has 1 aliphatic rings. The molecule has 2 amide bonds. The second kappa shape index (κ2) is 6.96. The van der Waals surface area contributed by atoms with Gasteiger partial charge < -0.3 is 10.6 Å². The van der Waals surface area contributed by atoms with Crippen LogP contribution >= 0.6 is 0 Å². The maximum atomic E-state index is 12.3. The lowest BCUT2D eigenvalue weighted by molar-refractivity contribution is -0.125. The van der Waals surface area contributed by atoms with Crippen LogP contribution in [0, 0.1) is 5.92 Å². The van der Waals surface area contributed by atoms with E-state index >= 15 is 0 Å². The molecule has 1 aromatic heterocycles. The lowest BCUT2D eigenvalue weighted by atomic mass is 10.1. The van der Waals surface area contributed by atoms with Crippen LogP contribution < -0.4 is 10.6 Å². The fraction of sp³-hybridized carbons (Fsp3) is 0.190. The van der Waals surface area contributed by atoms with Crippen molar-refractivity contribution >= 4 is 28.4 Å². The summed E-state index contributed by atoms with van der Waals surface area (Å²) in [6, 6.07) is 19.4. The minimum absolute atomic E-state index is 0.0376. The molecule has 1 saturated carbocycles. The van der Waals surface area contributed by atoms with E-state index < -0.39 is 0 Å². The third-order valence-electron chi connectivity index (χ3n) is 4.68. The Morgan fingerprint density at radius 1 is 1.00 bits per heavy atom. The van der Waals surface area contributed by atoms with E-state index in [4.69, 9.17) is 0 Å². The largest absolute Gasteiger partial charge is 0.347 e. The number of hydrogen-bond donors (Lipinski definition) is 2. The van der Waals surface area contributed by atoms with Gasteiger partial charge in [0.25, 0.3) is 0 Å². The zero-order valence-electron chi connectivity index (χ0n) is 14.2. The van der Waals surface area contributed by atoms with Gasteiger partial charge in [0.1, 0.15) is 0 Å². The van der Waals surface area contributed by atoms with Crippen molar-refractivity contribution in [1.82, 2.24) is 10.3 Å². The van der Waals surface area contributed by atoms with Crippen LogP contribution in [0.25, 0.3) is 10.9 Å². The Bertz CT molecular complexity index is 950. The molecule has 1 fully saturated rings. The summed E-state index contributed by atoms with van der Waals surface area (Å²) in [5, 5.41) is 6.52. The van der Waals surface area contributed by atoms with Crippen molar-refractivity contribution in [3.05, 3.63) is 72.4 Å². The first-order valence-electron chi connectivity index (χ1n) is 8.68. The van der Waals surface area contributed by atoms with Crippen molar-refractivity contribution < 1.29 is 9.59 Å². The molecule has 5 nitrogen and oxygen atoms in total. The van der Waals surface area contributed by atoms with E-state index in [1.54, 1.807) is 12.3 Å². The molecular weight excluding hydrogens is 326 g/mol. The van der Waals surface area contributed by atoms with E-state index in [0.29, 0.717) is 5.69 Å². The predicted octanol–water partition coefficient (Wildman–Crippen LogP) is 3.09. The van der Waals surface area contributed by atoms with Crippen molar-refractivity contribution in [2.24, 2.45) is 5.92 Å². The van der Waals surface area contributed by atoms with E-state index in [0.717, 1.165) is 17.3 Å². The molecule has 1 heterocycles. The molecule has 0 radical (unpaired) electrons. The molecule has 1 aliphatic carbocycles. The van der Waals surface area contributed by atoms with E-state index in [1.807, 2.05) is 54.6 Å². The lowest BCUT2D eigenvalue weighted by Gasteiger charge is -2.09. The summed E-state index contributed by atoms with van der Waals surface area (Å²) in [6.45, 7) is -0.0416. The van der Waals surface area contributed by atoms with Gasteiger partial charge in [-0.05, 0) is 30.0 Å². The maximum absolute atomic E-state index is 12.3. The van der Waals surface area contributed by atoms with Crippen molar-refractivity contribution in [3.8, 4) is 0 Å². The van der Waals surface area contributed by atoms with Crippen LogP contribution in [0.3, 0.4) is 0 Å². The SMILES string of the molecule is O=C(CNC(=O)[C@@H]1C[C@@H]1c1ccccc1)Nc1cccc2cccnc12. The van der Waals surface area contributed by atoms with Gasteiger partial charge in [-0.1, -0.05) is 48.5 Å². The summed E-state index contributed by atoms with van der Waals surface area (Å²) < 4.78 is 0. The maximum Gasteiger partial charge on any atom is 0.243 e. The van der Waals surface area contributed by atoms with Crippen LogP contribution in [0.1, 0.15) is 17.9 Å². The highest BCUT2D eigenvalue weighted by molar-refractivity contribution is 6.02. The first-order chi connectivity index (χ1) is 12.7. The van der Waals surface area contributed by atoms with Gasteiger partial charge in [-0.3, -0.25) is 14.6 Å². The highest BCUT2D eigenvalue weighted by Crippen LogP contribution is 2.47. The first kappa shape index (κ1) is 16.3. The van der Waals surface area contributed by atoms with Gasteiger partial charge in [0, 0.05) is 17.5 Å². The number of fused-ring (bicyclic) bond motifs is 1. The molecule has 26 heavy (non-hydrogen) atoms. The number of para-hydroxylation sites is 1. The highest BCUT2D eigenvalue weighted by atomic mass is 16.2. The minimum Gasteiger partial charge on any atom is -0.347 e. The summed E-state index contributed by atoms with van der Waals surface area (Å²) >= 11 is 0. The van der Waals surface area contributed by atoms with Crippen LogP contribution in [0.4, 0.5) is 5.69 Å². The van der Waals surface area contributed by atoms with Crippen LogP contribution in [-0.2, 0) is 9.59 Å². The Morgan fingerprint density at radius 2 is 1.81 bits per heavy atom.